The molecule has 0 spiro atoms. The van der Waals surface area contributed by atoms with E-state index in [-0.39, 0.29) is 6.04 Å². The molecule has 1 aromatic carbocycles. The molecule has 2 aromatic rings. The molecule has 20 heavy (non-hydrogen) atoms. The van der Waals surface area contributed by atoms with Crippen molar-refractivity contribution in [2.24, 2.45) is 5.84 Å². The van der Waals surface area contributed by atoms with Crippen LogP contribution in [0.25, 0.3) is 0 Å². The third-order valence-corrected chi connectivity index (χ3v) is 3.68. The average Bonchev–Trinajstić information content (AvgIpc) is 2.36. The van der Waals surface area contributed by atoms with Crippen molar-refractivity contribution in [2.45, 2.75) is 32.7 Å². The molecule has 3 N–H and O–H groups in total. The first kappa shape index (κ1) is 15.2. The van der Waals surface area contributed by atoms with Crippen LogP contribution in [0.3, 0.4) is 0 Å². The van der Waals surface area contributed by atoms with E-state index in [1.807, 2.05) is 6.20 Å². The predicted molar refractivity (Wildman–Crippen MR) is 86.4 cm³/mol. The number of hydrogen-bond donors (Lipinski definition) is 2. The number of hydrazine groups is 1. The van der Waals surface area contributed by atoms with Crippen molar-refractivity contribution in [3.8, 4) is 0 Å². The molecule has 2 rings (SSSR count). The first-order chi connectivity index (χ1) is 9.56. The van der Waals surface area contributed by atoms with Gasteiger partial charge in [-0.3, -0.25) is 16.3 Å². The molecule has 3 nitrogen and oxygen atoms in total. The summed E-state index contributed by atoms with van der Waals surface area (Å²) in [6.07, 6.45) is 5.44. The van der Waals surface area contributed by atoms with Gasteiger partial charge in [-0.1, -0.05) is 29.3 Å². The predicted octanol–water partition coefficient (Wildman–Crippen LogP) is 3.08. The topological polar surface area (TPSA) is 50.9 Å². The lowest BCUT2D eigenvalue weighted by atomic mass is 9.98. The van der Waals surface area contributed by atoms with E-state index in [1.165, 1.54) is 22.3 Å². The van der Waals surface area contributed by atoms with Crippen LogP contribution in [0.15, 0.2) is 41.1 Å². The second kappa shape index (κ2) is 6.97. The van der Waals surface area contributed by atoms with Crippen LogP contribution < -0.4 is 11.3 Å². The largest absolute Gasteiger partial charge is 0.271 e. The molecule has 0 amide bonds. The highest BCUT2D eigenvalue weighted by Crippen LogP contribution is 2.15. The summed E-state index contributed by atoms with van der Waals surface area (Å²) in [4.78, 5) is 4.19. The number of halogens is 1. The van der Waals surface area contributed by atoms with Crippen LogP contribution in [0.1, 0.15) is 22.3 Å². The maximum Gasteiger partial charge on any atom is 0.0410 e. The van der Waals surface area contributed by atoms with Crippen LogP contribution >= 0.6 is 15.9 Å². The van der Waals surface area contributed by atoms with Crippen LogP contribution in [-0.4, -0.2) is 11.0 Å². The number of nitrogens with one attached hydrogen (secondary N) is 1. The van der Waals surface area contributed by atoms with E-state index in [9.17, 15) is 0 Å². The SMILES string of the molecule is Cc1cc(C)cc(CC(Cc2cncc(Br)c2)NN)c1. The highest BCUT2D eigenvalue weighted by Gasteiger charge is 2.10. The molecule has 1 aromatic heterocycles. The Labute approximate surface area is 128 Å². The second-order valence-corrected chi connectivity index (χ2v) is 6.19. The van der Waals surface area contributed by atoms with Crippen LogP contribution in [0.2, 0.25) is 0 Å². The summed E-state index contributed by atoms with van der Waals surface area (Å²) in [5.41, 5.74) is 7.98. The highest BCUT2D eigenvalue weighted by molar-refractivity contribution is 9.10. The van der Waals surface area contributed by atoms with Crippen molar-refractivity contribution in [2.75, 3.05) is 0 Å². The maximum absolute atomic E-state index is 5.70. The number of rotatable bonds is 5. The minimum atomic E-state index is 0.201. The standard InChI is InChI=1S/C16H20BrN3/c1-11-3-12(2)5-13(4-11)7-16(20-18)8-14-6-15(17)10-19-9-14/h3-6,9-10,16,20H,7-8,18H2,1-2H3. The molecular weight excluding hydrogens is 314 g/mol. The average molecular weight is 334 g/mol. The summed E-state index contributed by atoms with van der Waals surface area (Å²) in [5, 5.41) is 0. The fraction of sp³-hybridized carbons (Fsp3) is 0.312. The minimum absolute atomic E-state index is 0.201. The van der Waals surface area contributed by atoms with Crippen LogP contribution in [0.4, 0.5) is 0 Å². The lowest BCUT2D eigenvalue weighted by Gasteiger charge is -2.17. The molecule has 0 aliphatic heterocycles. The van der Waals surface area contributed by atoms with Crippen molar-refractivity contribution in [1.82, 2.24) is 10.4 Å². The van der Waals surface area contributed by atoms with E-state index in [0.29, 0.717) is 0 Å². The Morgan fingerprint density at radius 1 is 1.05 bits per heavy atom. The third-order valence-electron chi connectivity index (χ3n) is 3.24. The summed E-state index contributed by atoms with van der Waals surface area (Å²) >= 11 is 3.45. The van der Waals surface area contributed by atoms with Crippen molar-refractivity contribution in [3.63, 3.8) is 0 Å². The van der Waals surface area contributed by atoms with Crippen LogP contribution in [0.5, 0.6) is 0 Å². The second-order valence-electron chi connectivity index (χ2n) is 5.28. The Hall–Kier alpha value is -1.23. The Morgan fingerprint density at radius 2 is 1.70 bits per heavy atom. The Morgan fingerprint density at radius 3 is 2.30 bits per heavy atom. The summed E-state index contributed by atoms with van der Waals surface area (Å²) < 4.78 is 0.997. The molecule has 0 aliphatic rings. The number of aryl methyl sites for hydroxylation is 2. The normalized spacial score (nSPS) is 12.4. The van der Waals surface area contributed by atoms with Gasteiger partial charge in [0, 0.05) is 22.9 Å². The van der Waals surface area contributed by atoms with Gasteiger partial charge in [-0.25, -0.2) is 0 Å². The number of pyridine rings is 1. The molecule has 1 heterocycles. The molecule has 0 aliphatic carbocycles. The fourth-order valence-electron chi connectivity index (χ4n) is 2.51. The minimum Gasteiger partial charge on any atom is -0.271 e. The molecule has 106 valence electrons. The third kappa shape index (κ3) is 4.40. The quantitative estimate of drug-likeness (QED) is 0.653. The monoisotopic (exact) mass is 333 g/mol. The smallest absolute Gasteiger partial charge is 0.0410 e. The maximum atomic E-state index is 5.70. The summed E-state index contributed by atoms with van der Waals surface area (Å²) in [6, 6.07) is 8.91. The van der Waals surface area contributed by atoms with Gasteiger partial charge in [0.05, 0.1) is 0 Å². The molecule has 1 unspecified atom stereocenters. The van der Waals surface area contributed by atoms with Gasteiger partial charge in [0.1, 0.15) is 0 Å². The number of hydrogen-bond acceptors (Lipinski definition) is 3. The first-order valence-corrected chi connectivity index (χ1v) is 7.49. The van der Waals surface area contributed by atoms with Gasteiger partial charge < -0.3 is 0 Å². The molecular formula is C16H20BrN3. The molecule has 0 saturated heterocycles. The van der Waals surface area contributed by atoms with E-state index in [4.69, 9.17) is 5.84 Å². The molecule has 0 saturated carbocycles. The van der Waals surface area contributed by atoms with Gasteiger partial charge >= 0.3 is 0 Å². The Balaban J connectivity index is 2.09. The number of benzene rings is 1. The Kier molecular flexibility index (Phi) is 5.29. The van der Waals surface area contributed by atoms with Crippen molar-refractivity contribution >= 4 is 15.9 Å². The summed E-state index contributed by atoms with van der Waals surface area (Å²) in [7, 11) is 0. The first-order valence-electron chi connectivity index (χ1n) is 6.69. The molecule has 0 bridgehead atoms. The van der Waals surface area contributed by atoms with Gasteiger partial charge in [0.2, 0.25) is 0 Å². The van der Waals surface area contributed by atoms with E-state index in [1.54, 1.807) is 6.20 Å². The molecule has 0 radical (unpaired) electrons. The number of nitrogens with zero attached hydrogens (tertiary/aromatic N) is 1. The molecule has 4 heteroatoms. The van der Waals surface area contributed by atoms with Gasteiger partial charge in [0.15, 0.2) is 0 Å². The van der Waals surface area contributed by atoms with Crippen molar-refractivity contribution in [3.05, 3.63) is 63.4 Å². The lowest BCUT2D eigenvalue weighted by molar-refractivity contribution is 0.521. The van der Waals surface area contributed by atoms with Gasteiger partial charge in [-0.05, 0) is 59.8 Å². The zero-order valence-electron chi connectivity index (χ0n) is 11.9. The van der Waals surface area contributed by atoms with E-state index >= 15 is 0 Å². The Bertz CT molecular complexity index is 563. The fourth-order valence-corrected chi connectivity index (χ4v) is 2.93. The summed E-state index contributed by atoms with van der Waals surface area (Å²) in [6.45, 7) is 4.25. The van der Waals surface area contributed by atoms with Crippen molar-refractivity contribution < 1.29 is 0 Å². The van der Waals surface area contributed by atoms with E-state index in [0.717, 1.165) is 17.3 Å². The van der Waals surface area contributed by atoms with Crippen LogP contribution in [0, 0.1) is 13.8 Å². The van der Waals surface area contributed by atoms with Gasteiger partial charge in [0.25, 0.3) is 0 Å². The molecule has 1 atom stereocenters. The van der Waals surface area contributed by atoms with Crippen LogP contribution in [-0.2, 0) is 12.8 Å². The van der Waals surface area contributed by atoms with Gasteiger partial charge in [-0.15, -0.1) is 0 Å². The number of aromatic nitrogens is 1. The lowest BCUT2D eigenvalue weighted by Crippen LogP contribution is -2.38. The van der Waals surface area contributed by atoms with Gasteiger partial charge in [-0.2, -0.15) is 0 Å². The highest BCUT2D eigenvalue weighted by atomic mass is 79.9. The van der Waals surface area contributed by atoms with E-state index < -0.39 is 0 Å². The van der Waals surface area contributed by atoms with Crippen molar-refractivity contribution in [1.29, 1.82) is 0 Å². The zero-order chi connectivity index (χ0) is 14.5. The summed E-state index contributed by atoms with van der Waals surface area (Å²) in [5.74, 6) is 5.70. The van der Waals surface area contributed by atoms with E-state index in [2.05, 4.69) is 64.5 Å². The molecule has 0 fully saturated rings. The zero-order valence-corrected chi connectivity index (χ0v) is 13.4. The number of nitrogens with two attached hydrogens (primary N) is 1.